The van der Waals surface area contributed by atoms with Crippen LogP contribution in [0.15, 0.2) is 22.8 Å². The summed E-state index contributed by atoms with van der Waals surface area (Å²) in [5.41, 5.74) is 0.753. The standard InChI is InChI=1S/C11H14BrNO3S/c1-8(5-11(14)16-2)17(15)7-10-4-3-9(12)6-13-10/h3-4,6,8H,5,7H2,1-2H3. The number of carbonyl (C=O) groups excluding carboxylic acids is 1. The highest BCUT2D eigenvalue weighted by molar-refractivity contribution is 9.10. The quantitative estimate of drug-likeness (QED) is 0.779. The molecule has 0 N–H and O–H groups in total. The third-order valence-corrected chi connectivity index (χ3v) is 4.32. The second-order valence-corrected chi connectivity index (χ2v) is 6.35. The van der Waals surface area contributed by atoms with Crippen molar-refractivity contribution in [3.05, 3.63) is 28.5 Å². The van der Waals surface area contributed by atoms with Crippen LogP contribution in [0.2, 0.25) is 0 Å². The predicted molar refractivity (Wildman–Crippen MR) is 69.9 cm³/mol. The fourth-order valence-electron chi connectivity index (χ4n) is 1.19. The average molecular weight is 320 g/mol. The maximum Gasteiger partial charge on any atom is 0.306 e. The number of methoxy groups -OCH3 is 1. The Kier molecular flexibility index (Phi) is 5.77. The van der Waals surface area contributed by atoms with E-state index < -0.39 is 10.8 Å². The number of esters is 1. The van der Waals surface area contributed by atoms with E-state index in [1.54, 1.807) is 13.1 Å². The lowest BCUT2D eigenvalue weighted by Gasteiger charge is -2.09. The van der Waals surface area contributed by atoms with Gasteiger partial charge < -0.3 is 4.74 Å². The van der Waals surface area contributed by atoms with Gasteiger partial charge in [-0.05, 0) is 28.1 Å². The second kappa shape index (κ2) is 6.86. The van der Waals surface area contributed by atoms with Crippen LogP contribution < -0.4 is 0 Å². The Labute approximate surface area is 111 Å². The summed E-state index contributed by atoms with van der Waals surface area (Å²) in [6.07, 6.45) is 1.83. The summed E-state index contributed by atoms with van der Waals surface area (Å²) in [7, 11) is 0.204. The Bertz CT molecular complexity index is 408. The first-order chi connectivity index (χ1) is 8.02. The van der Waals surface area contributed by atoms with E-state index in [4.69, 9.17) is 0 Å². The molecule has 0 radical (unpaired) electrons. The van der Waals surface area contributed by atoms with E-state index in [0.717, 1.165) is 10.2 Å². The molecule has 0 fully saturated rings. The van der Waals surface area contributed by atoms with Gasteiger partial charge >= 0.3 is 5.97 Å². The molecule has 0 aliphatic carbocycles. The molecule has 1 heterocycles. The molecule has 1 rings (SSSR count). The molecule has 0 amide bonds. The Morgan fingerprint density at radius 2 is 2.29 bits per heavy atom. The van der Waals surface area contributed by atoms with Gasteiger partial charge in [0.2, 0.25) is 0 Å². The summed E-state index contributed by atoms with van der Waals surface area (Å²) in [4.78, 5) is 15.2. The van der Waals surface area contributed by atoms with Crippen LogP contribution in [-0.2, 0) is 26.1 Å². The topological polar surface area (TPSA) is 56.3 Å². The molecule has 17 heavy (non-hydrogen) atoms. The van der Waals surface area contributed by atoms with Crippen molar-refractivity contribution in [2.24, 2.45) is 0 Å². The molecule has 0 aromatic carbocycles. The number of halogens is 1. The molecular weight excluding hydrogens is 306 g/mol. The molecule has 0 spiro atoms. The minimum Gasteiger partial charge on any atom is -0.469 e. The highest BCUT2D eigenvalue weighted by atomic mass is 79.9. The number of aromatic nitrogens is 1. The van der Waals surface area contributed by atoms with Crippen molar-refractivity contribution in [2.75, 3.05) is 7.11 Å². The first-order valence-electron chi connectivity index (χ1n) is 5.07. The van der Waals surface area contributed by atoms with Gasteiger partial charge in [0.05, 0.1) is 25.0 Å². The molecular formula is C11H14BrNO3S. The van der Waals surface area contributed by atoms with Crippen molar-refractivity contribution in [3.8, 4) is 0 Å². The molecule has 2 unspecified atom stereocenters. The maximum absolute atomic E-state index is 11.9. The van der Waals surface area contributed by atoms with Gasteiger partial charge in [-0.2, -0.15) is 0 Å². The van der Waals surface area contributed by atoms with Crippen LogP contribution >= 0.6 is 15.9 Å². The van der Waals surface area contributed by atoms with Gasteiger partial charge in [-0.3, -0.25) is 14.0 Å². The number of carbonyl (C=O) groups is 1. The summed E-state index contributed by atoms with van der Waals surface area (Å²) >= 11 is 3.28. The molecule has 0 saturated carbocycles. The molecule has 0 saturated heterocycles. The minimum absolute atomic E-state index is 0.166. The molecule has 1 aromatic rings. The number of hydrogen-bond donors (Lipinski definition) is 0. The predicted octanol–water partition coefficient (Wildman–Crippen LogP) is 2.04. The first-order valence-corrected chi connectivity index (χ1v) is 7.25. The lowest BCUT2D eigenvalue weighted by atomic mass is 10.3. The van der Waals surface area contributed by atoms with Gasteiger partial charge in [0.15, 0.2) is 0 Å². The van der Waals surface area contributed by atoms with E-state index >= 15 is 0 Å². The Morgan fingerprint density at radius 3 is 2.82 bits per heavy atom. The number of hydrogen-bond acceptors (Lipinski definition) is 4. The first kappa shape index (κ1) is 14.3. The zero-order valence-corrected chi connectivity index (χ0v) is 12.1. The largest absolute Gasteiger partial charge is 0.469 e. The molecule has 0 aliphatic heterocycles. The van der Waals surface area contributed by atoms with Crippen LogP contribution in [0, 0.1) is 0 Å². The lowest BCUT2D eigenvalue weighted by molar-refractivity contribution is -0.140. The van der Waals surface area contributed by atoms with Crippen LogP contribution in [0.1, 0.15) is 19.0 Å². The van der Waals surface area contributed by atoms with Crippen molar-refractivity contribution in [1.82, 2.24) is 4.98 Å². The molecule has 0 aliphatic rings. The molecule has 1 aromatic heterocycles. The van der Waals surface area contributed by atoms with Gasteiger partial charge in [-0.1, -0.05) is 6.92 Å². The van der Waals surface area contributed by atoms with Crippen molar-refractivity contribution < 1.29 is 13.7 Å². The van der Waals surface area contributed by atoms with E-state index in [1.807, 2.05) is 12.1 Å². The number of pyridine rings is 1. The number of rotatable bonds is 5. The normalized spacial score (nSPS) is 14.1. The van der Waals surface area contributed by atoms with Crippen molar-refractivity contribution in [2.45, 2.75) is 24.3 Å². The summed E-state index contributed by atoms with van der Waals surface area (Å²) in [5.74, 6) is 0.0143. The highest BCUT2D eigenvalue weighted by Gasteiger charge is 2.16. The summed E-state index contributed by atoms with van der Waals surface area (Å²) in [6.45, 7) is 1.77. The zero-order valence-electron chi connectivity index (χ0n) is 9.68. The fourth-order valence-corrected chi connectivity index (χ4v) is 2.49. The molecule has 94 valence electrons. The van der Waals surface area contributed by atoms with E-state index in [0.29, 0.717) is 5.75 Å². The zero-order chi connectivity index (χ0) is 12.8. The monoisotopic (exact) mass is 319 g/mol. The van der Waals surface area contributed by atoms with Crippen LogP contribution in [0.25, 0.3) is 0 Å². The van der Waals surface area contributed by atoms with Crippen molar-refractivity contribution in [1.29, 1.82) is 0 Å². The van der Waals surface area contributed by atoms with E-state index in [1.165, 1.54) is 7.11 Å². The van der Waals surface area contributed by atoms with Crippen molar-refractivity contribution >= 4 is 32.7 Å². The van der Waals surface area contributed by atoms with Gasteiger partial charge in [0.25, 0.3) is 0 Å². The van der Waals surface area contributed by atoms with Gasteiger partial charge in [0, 0.05) is 26.7 Å². The summed E-state index contributed by atoms with van der Waals surface area (Å²) in [5, 5.41) is -0.229. The van der Waals surface area contributed by atoms with Crippen LogP contribution in [0.3, 0.4) is 0 Å². The SMILES string of the molecule is COC(=O)CC(C)S(=O)Cc1ccc(Br)cn1. The summed E-state index contributed by atoms with van der Waals surface area (Å²) in [6, 6.07) is 3.66. The third-order valence-electron chi connectivity index (χ3n) is 2.21. The number of ether oxygens (including phenoxy) is 1. The van der Waals surface area contributed by atoms with Crippen molar-refractivity contribution in [3.63, 3.8) is 0 Å². The highest BCUT2D eigenvalue weighted by Crippen LogP contribution is 2.11. The van der Waals surface area contributed by atoms with Gasteiger partial charge in [0.1, 0.15) is 0 Å². The van der Waals surface area contributed by atoms with Crippen LogP contribution in [0.5, 0.6) is 0 Å². The third kappa shape index (κ3) is 4.95. The number of nitrogens with zero attached hydrogens (tertiary/aromatic N) is 1. The molecule has 4 nitrogen and oxygen atoms in total. The fraction of sp³-hybridized carbons (Fsp3) is 0.455. The summed E-state index contributed by atoms with van der Waals surface area (Å²) < 4.78 is 17.3. The molecule has 6 heteroatoms. The van der Waals surface area contributed by atoms with E-state index in [9.17, 15) is 9.00 Å². The van der Waals surface area contributed by atoms with Crippen LogP contribution in [-0.4, -0.2) is 27.5 Å². The molecule has 2 atom stereocenters. The van der Waals surface area contributed by atoms with E-state index in [2.05, 4.69) is 25.7 Å². The second-order valence-electron chi connectivity index (χ2n) is 3.58. The molecule has 0 bridgehead atoms. The van der Waals surface area contributed by atoms with Gasteiger partial charge in [-0.25, -0.2) is 0 Å². The smallest absolute Gasteiger partial charge is 0.306 e. The average Bonchev–Trinajstić information content (AvgIpc) is 2.31. The maximum atomic E-state index is 11.9. The lowest BCUT2D eigenvalue weighted by Crippen LogP contribution is -2.18. The van der Waals surface area contributed by atoms with Gasteiger partial charge in [-0.15, -0.1) is 0 Å². The Hall–Kier alpha value is -0.750. The Morgan fingerprint density at radius 1 is 1.59 bits per heavy atom. The van der Waals surface area contributed by atoms with E-state index in [-0.39, 0.29) is 17.6 Å². The Balaban J connectivity index is 2.54. The van der Waals surface area contributed by atoms with Crippen LogP contribution in [0.4, 0.5) is 0 Å². The minimum atomic E-state index is -1.12.